The SMILES string of the molecule is COc1ccccc1[C@H]1C2=C(CCCC2=O)Nc2[nH][nH]c(=O)c21. The maximum Gasteiger partial charge on any atom is 0.270 e. The molecule has 0 spiro atoms. The molecule has 1 aromatic heterocycles. The summed E-state index contributed by atoms with van der Waals surface area (Å²) in [6.45, 7) is 0. The quantitative estimate of drug-likeness (QED) is 0.794. The topological polar surface area (TPSA) is 87.0 Å². The van der Waals surface area contributed by atoms with Gasteiger partial charge in [0.2, 0.25) is 0 Å². The zero-order valence-electron chi connectivity index (χ0n) is 12.7. The maximum atomic E-state index is 12.6. The van der Waals surface area contributed by atoms with Crippen LogP contribution in [-0.2, 0) is 4.79 Å². The van der Waals surface area contributed by atoms with E-state index < -0.39 is 5.92 Å². The fraction of sp³-hybridized carbons (Fsp3) is 0.294. The number of nitrogens with one attached hydrogen (secondary N) is 3. The number of carbonyl (C=O) groups excluding carboxylic acids is 1. The van der Waals surface area contributed by atoms with Crippen molar-refractivity contribution in [3.63, 3.8) is 0 Å². The molecule has 0 fully saturated rings. The number of benzene rings is 1. The van der Waals surface area contributed by atoms with Gasteiger partial charge in [-0.15, -0.1) is 0 Å². The number of H-pyrrole nitrogens is 2. The van der Waals surface area contributed by atoms with Crippen molar-refractivity contribution in [2.24, 2.45) is 0 Å². The summed E-state index contributed by atoms with van der Waals surface area (Å²) in [6, 6.07) is 7.54. The molecule has 1 atom stereocenters. The molecule has 0 radical (unpaired) electrons. The van der Waals surface area contributed by atoms with Gasteiger partial charge >= 0.3 is 0 Å². The van der Waals surface area contributed by atoms with Gasteiger partial charge in [-0.3, -0.25) is 19.8 Å². The normalized spacial score (nSPS) is 19.9. The Labute approximate surface area is 132 Å². The van der Waals surface area contributed by atoms with Crippen LogP contribution in [0.25, 0.3) is 0 Å². The molecule has 0 saturated heterocycles. The zero-order chi connectivity index (χ0) is 16.0. The number of aromatic nitrogens is 2. The maximum absolute atomic E-state index is 12.6. The number of para-hydroxylation sites is 1. The van der Waals surface area contributed by atoms with Crippen molar-refractivity contribution in [2.75, 3.05) is 12.4 Å². The third-order valence-electron chi connectivity index (χ3n) is 4.57. The summed E-state index contributed by atoms with van der Waals surface area (Å²) in [5, 5.41) is 8.71. The van der Waals surface area contributed by atoms with Crippen molar-refractivity contribution in [1.29, 1.82) is 0 Å². The van der Waals surface area contributed by atoms with Gasteiger partial charge in [0.15, 0.2) is 5.78 Å². The van der Waals surface area contributed by atoms with E-state index in [9.17, 15) is 9.59 Å². The molecule has 0 unspecified atom stereocenters. The number of rotatable bonds is 2. The molecule has 1 aromatic carbocycles. The fourth-order valence-corrected chi connectivity index (χ4v) is 3.58. The molecule has 4 rings (SSSR count). The van der Waals surface area contributed by atoms with Gasteiger partial charge in [-0.05, 0) is 18.9 Å². The summed E-state index contributed by atoms with van der Waals surface area (Å²) >= 11 is 0. The second kappa shape index (κ2) is 5.15. The highest BCUT2D eigenvalue weighted by Crippen LogP contribution is 2.45. The highest BCUT2D eigenvalue weighted by atomic mass is 16.5. The summed E-state index contributed by atoms with van der Waals surface area (Å²) in [5.74, 6) is 1.01. The Hall–Kier alpha value is -2.76. The van der Waals surface area contributed by atoms with E-state index in [4.69, 9.17) is 4.74 Å². The van der Waals surface area contributed by atoms with Crippen LogP contribution >= 0.6 is 0 Å². The third kappa shape index (κ3) is 2.02. The molecule has 0 saturated carbocycles. The summed E-state index contributed by atoms with van der Waals surface area (Å²) in [5.41, 5.74) is 2.76. The first-order valence-electron chi connectivity index (χ1n) is 7.67. The Bertz CT molecular complexity index is 875. The molecule has 2 aromatic rings. The lowest BCUT2D eigenvalue weighted by atomic mass is 9.76. The Morgan fingerprint density at radius 1 is 1.13 bits per heavy atom. The van der Waals surface area contributed by atoms with Gasteiger partial charge in [-0.25, -0.2) is 0 Å². The van der Waals surface area contributed by atoms with Crippen LogP contribution in [-0.4, -0.2) is 23.1 Å². The molecule has 6 nitrogen and oxygen atoms in total. The van der Waals surface area contributed by atoms with Crippen LogP contribution in [0.1, 0.15) is 36.3 Å². The van der Waals surface area contributed by atoms with Gasteiger partial charge < -0.3 is 10.1 Å². The van der Waals surface area contributed by atoms with E-state index in [0.717, 1.165) is 24.1 Å². The number of fused-ring (bicyclic) bond motifs is 1. The largest absolute Gasteiger partial charge is 0.496 e. The number of hydrogen-bond acceptors (Lipinski definition) is 4. The number of anilines is 1. The Kier molecular flexibility index (Phi) is 3.11. The minimum atomic E-state index is -0.403. The molecule has 1 aliphatic heterocycles. The summed E-state index contributed by atoms with van der Waals surface area (Å²) < 4.78 is 5.47. The van der Waals surface area contributed by atoms with Crippen molar-refractivity contribution >= 4 is 11.6 Å². The molecule has 6 heteroatoms. The van der Waals surface area contributed by atoms with Crippen molar-refractivity contribution in [1.82, 2.24) is 10.2 Å². The number of Topliss-reactive ketones (excluding diaryl/α,β-unsaturated/α-hetero) is 1. The van der Waals surface area contributed by atoms with Crippen LogP contribution in [0.2, 0.25) is 0 Å². The predicted molar refractivity (Wildman–Crippen MR) is 85.8 cm³/mol. The first-order chi connectivity index (χ1) is 11.2. The number of hydrogen-bond donors (Lipinski definition) is 3. The number of aromatic amines is 2. The molecule has 0 bridgehead atoms. The van der Waals surface area contributed by atoms with Gasteiger partial charge in [0, 0.05) is 23.3 Å². The van der Waals surface area contributed by atoms with Gasteiger partial charge in [0.05, 0.1) is 18.6 Å². The molecule has 2 aliphatic rings. The molecule has 118 valence electrons. The number of allylic oxidation sites excluding steroid dienone is 2. The monoisotopic (exact) mass is 311 g/mol. The van der Waals surface area contributed by atoms with E-state index >= 15 is 0 Å². The van der Waals surface area contributed by atoms with Crippen LogP contribution in [0.15, 0.2) is 40.3 Å². The summed E-state index contributed by atoms with van der Waals surface area (Å²) in [4.78, 5) is 24.9. The van der Waals surface area contributed by atoms with E-state index in [2.05, 4.69) is 15.5 Å². The van der Waals surface area contributed by atoms with E-state index in [1.54, 1.807) is 7.11 Å². The lowest BCUT2D eigenvalue weighted by molar-refractivity contribution is -0.116. The van der Waals surface area contributed by atoms with E-state index in [-0.39, 0.29) is 11.3 Å². The number of ketones is 1. The molecule has 0 amide bonds. The Morgan fingerprint density at radius 2 is 1.96 bits per heavy atom. The Morgan fingerprint density at radius 3 is 2.78 bits per heavy atom. The summed E-state index contributed by atoms with van der Waals surface area (Å²) in [7, 11) is 1.60. The second-order valence-corrected chi connectivity index (χ2v) is 5.84. The minimum Gasteiger partial charge on any atom is -0.496 e. The smallest absolute Gasteiger partial charge is 0.270 e. The van der Waals surface area contributed by atoms with Crippen molar-refractivity contribution < 1.29 is 9.53 Å². The van der Waals surface area contributed by atoms with E-state index in [1.807, 2.05) is 24.3 Å². The Balaban J connectivity index is 2.00. The fourth-order valence-electron chi connectivity index (χ4n) is 3.58. The lowest BCUT2D eigenvalue weighted by Gasteiger charge is -2.31. The molecular formula is C17H17N3O3. The average molecular weight is 311 g/mol. The average Bonchev–Trinajstić information content (AvgIpc) is 2.94. The van der Waals surface area contributed by atoms with Gasteiger partial charge in [-0.2, -0.15) is 0 Å². The van der Waals surface area contributed by atoms with Crippen LogP contribution in [0, 0.1) is 0 Å². The van der Waals surface area contributed by atoms with Crippen LogP contribution in [0.5, 0.6) is 5.75 Å². The number of methoxy groups -OCH3 is 1. The minimum absolute atomic E-state index is 0.0981. The number of ether oxygens (including phenoxy) is 1. The molecule has 1 aliphatic carbocycles. The standard InChI is InChI=1S/C17H17N3O3/c1-23-12-8-3-2-5-9(12)13-14-10(6-4-7-11(14)21)18-16-15(13)17(22)20-19-16/h2-3,5,8,13H,4,6-7H2,1H3,(H3,18,19,20,22)/t13-/m0/s1. The van der Waals surface area contributed by atoms with Crippen LogP contribution < -0.4 is 15.6 Å². The summed E-state index contributed by atoms with van der Waals surface area (Å²) in [6.07, 6.45) is 2.15. The van der Waals surface area contributed by atoms with Gasteiger partial charge in [0.1, 0.15) is 11.6 Å². The van der Waals surface area contributed by atoms with E-state index in [0.29, 0.717) is 29.1 Å². The van der Waals surface area contributed by atoms with Crippen LogP contribution in [0.3, 0.4) is 0 Å². The van der Waals surface area contributed by atoms with E-state index in [1.165, 1.54) is 0 Å². The third-order valence-corrected chi connectivity index (χ3v) is 4.57. The molecular weight excluding hydrogens is 294 g/mol. The predicted octanol–water partition coefficient (Wildman–Crippen LogP) is 2.28. The van der Waals surface area contributed by atoms with Crippen molar-refractivity contribution in [3.8, 4) is 5.75 Å². The highest BCUT2D eigenvalue weighted by molar-refractivity contribution is 6.01. The lowest BCUT2D eigenvalue weighted by Crippen LogP contribution is -2.29. The van der Waals surface area contributed by atoms with Gasteiger partial charge in [0.25, 0.3) is 5.56 Å². The molecule has 2 heterocycles. The zero-order valence-corrected chi connectivity index (χ0v) is 12.7. The number of carbonyl (C=O) groups is 1. The highest BCUT2D eigenvalue weighted by Gasteiger charge is 2.38. The first kappa shape index (κ1) is 13.9. The van der Waals surface area contributed by atoms with Crippen molar-refractivity contribution in [3.05, 3.63) is 57.0 Å². The van der Waals surface area contributed by atoms with Crippen molar-refractivity contribution in [2.45, 2.75) is 25.2 Å². The first-order valence-corrected chi connectivity index (χ1v) is 7.67. The molecule has 23 heavy (non-hydrogen) atoms. The van der Waals surface area contributed by atoms with Gasteiger partial charge in [-0.1, -0.05) is 18.2 Å². The second-order valence-electron chi connectivity index (χ2n) is 5.84. The van der Waals surface area contributed by atoms with Crippen LogP contribution in [0.4, 0.5) is 5.82 Å². The molecule has 3 N–H and O–H groups in total.